The highest BCUT2D eigenvalue weighted by Gasteiger charge is 2.24. The van der Waals surface area contributed by atoms with Crippen LogP contribution in [0.4, 0.5) is 0 Å². The molecule has 1 aliphatic carbocycles. The van der Waals surface area contributed by atoms with E-state index in [1.807, 2.05) is 66.7 Å². The van der Waals surface area contributed by atoms with E-state index in [1.165, 1.54) is 27.8 Å². The smallest absolute Gasteiger partial charge is 0.0998 e. The van der Waals surface area contributed by atoms with Crippen molar-refractivity contribution in [3.8, 4) is 57.3 Å². The van der Waals surface area contributed by atoms with Crippen molar-refractivity contribution in [2.24, 2.45) is 0 Å². The Kier molecular flexibility index (Phi) is 7.48. The molecule has 9 rings (SSSR count). The van der Waals surface area contributed by atoms with Gasteiger partial charge in [0, 0.05) is 22.3 Å². The molecule has 1 aromatic heterocycles. The van der Waals surface area contributed by atoms with Gasteiger partial charge < -0.3 is 4.57 Å². The molecule has 0 fully saturated rings. The maximum atomic E-state index is 10.6. The summed E-state index contributed by atoms with van der Waals surface area (Å²) in [6, 6.07) is 59.0. The van der Waals surface area contributed by atoms with Crippen molar-refractivity contribution in [2.75, 3.05) is 0 Å². The second-order valence-electron chi connectivity index (χ2n) is 13.3. The Morgan fingerprint density at radius 2 is 1.21 bits per heavy atom. The highest BCUT2D eigenvalue weighted by molar-refractivity contribution is 6.11. The first-order chi connectivity index (χ1) is 25.7. The van der Waals surface area contributed by atoms with Crippen molar-refractivity contribution in [2.45, 2.75) is 18.8 Å². The highest BCUT2D eigenvalue weighted by atomic mass is 15.0. The molecule has 1 aliphatic rings. The Hall–Kier alpha value is -7.19. The van der Waals surface area contributed by atoms with Gasteiger partial charge >= 0.3 is 0 Å². The molecular weight excluding hydrogens is 633 g/mol. The summed E-state index contributed by atoms with van der Waals surface area (Å²) in [5, 5.41) is 32.0. The lowest BCUT2D eigenvalue weighted by molar-refractivity contribution is 0.726. The Bertz CT molecular complexity index is 2840. The van der Waals surface area contributed by atoms with Crippen LogP contribution < -0.4 is 0 Å². The number of fused-ring (bicyclic) bond motifs is 6. The molecular formula is C48H30N4. The van der Waals surface area contributed by atoms with Crippen molar-refractivity contribution in [1.29, 1.82) is 15.8 Å². The predicted molar refractivity (Wildman–Crippen MR) is 208 cm³/mol. The van der Waals surface area contributed by atoms with E-state index < -0.39 is 0 Å². The van der Waals surface area contributed by atoms with Gasteiger partial charge in [0.05, 0.1) is 51.6 Å². The van der Waals surface area contributed by atoms with Crippen LogP contribution in [0.2, 0.25) is 0 Å². The van der Waals surface area contributed by atoms with Crippen molar-refractivity contribution in [3.63, 3.8) is 0 Å². The summed E-state index contributed by atoms with van der Waals surface area (Å²) in [7, 11) is 0. The third kappa shape index (κ3) is 4.96. The van der Waals surface area contributed by atoms with Crippen molar-refractivity contribution < 1.29 is 0 Å². The first kappa shape index (κ1) is 30.8. The van der Waals surface area contributed by atoms with Gasteiger partial charge in [-0.1, -0.05) is 109 Å². The van der Waals surface area contributed by atoms with Crippen LogP contribution in [-0.4, -0.2) is 4.57 Å². The molecule has 0 saturated carbocycles. The zero-order valence-corrected chi connectivity index (χ0v) is 28.2. The number of hydrogen-bond donors (Lipinski definition) is 0. The minimum atomic E-state index is 0.272. The predicted octanol–water partition coefficient (Wildman–Crippen LogP) is 11.5. The zero-order valence-electron chi connectivity index (χ0n) is 28.2. The third-order valence-corrected chi connectivity index (χ3v) is 10.6. The molecule has 1 atom stereocenters. The van der Waals surface area contributed by atoms with Crippen LogP contribution in [0.15, 0.2) is 152 Å². The van der Waals surface area contributed by atoms with Gasteiger partial charge in [0.15, 0.2) is 0 Å². The number of benzene rings is 7. The molecule has 0 unspecified atom stereocenters. The summed E-state index contributed by atoms with van der Waals surface area (Å²) >= 11 is 0. The van der Waals surface area contributed by atoms with E-state index in [1.54, 1.807) is 0 Å². The lowest BCUT2D eigenvalue weighted by Crippen LogP contribution is -2.02. The van der Waals surface area contributed by atoms with E-state index in [0.717, 1.165) is 62.6 Å². The Morgan fingerprint density at radius 3 is 2.00 bits per heavy atom. The summed E-state index contributed by atoms with van der Waals surface area (Å²) in [5.41, 5.74) is 14.8. The van der Waals surface area contributed by atoms with Gasteiger partial charge in [-0.15, -0.1) is 0 Å². The number of nitriles is 3. The van der Waals surface area contributed by atoms with Gasteiger partial charge in [0.1, 0.15) is 0 Å². The molecule has 0 N–H and O–H groups in total. The molecule has 0 bridgehead atoms. The first-order valence-electron chi connectivity index (χ1n) is 17.5. The fraction of sp³-hybridized carbons (Fsp3) is 0.0625. The zero-order chi connectivity index (χ0) is 35.2. The summed E-state index contributed by atoms with van der Waals surface area (Å²) < 4.78 is 2.13. The van der Waals surface area contributed by atoms with Gasteiger partial charge in [-0.25, -0.2) is 0 Å². The summed E-state index contributed by atoms with van der Waals surface area (Å²) in [6.45, 7) is 0. The normalized spacial score (nSPS) is 13.4. The molecule has 8 aromatic rings. The molecule has 4 heteroatoms. The van der Waals surface area contributed by atoms with E-state index >= 15 is 0 Å². The average molecular weight is 663 g/mol. The lowest BCUT2D eigenvalue weighted by Gasteiger charge is -2.20. The second kappa shape index (κ2) is 12.6. The number of rotatable bonds is 4. The van der Waals surface area contributed by atoms with Crippen LogP contribution in [-0.2, 0) is 6.42 Å². The molecule has 52 heavy (non-hydrogen) atoms. The number of aryl methyl sites for hydroxylation is 1. The van der Waals surface area contributed by atoms with Crippen molar-refractivity contribution >= 4 is 21.8 Å². The third-order valence-electron chi connectivity index (χ3n) is 10.6. The van der Waals surface area contributed by atoms with Crippen LogP contribution in [0.3, 0.4) is 0 Å². The molecule has 0 saturated heterocycles. The van der Waals surface area contributed by atoms with E-state index in [4.69, 9.17) is 0 Å². The van der Waals surface area contributed by atoms with Gasteiger partial charge in [-0.05, 0) is 99.8 Å². The molecule has 0 spiro atoms. The molecule has 7 aromatic carbocycles. The summed E-state index contributed by atoms with van der Waals surface area (Å²) in [4.78, 5) is 0. The number of hydrogen-bond acceptors (Lipinski definition) is 3. The molecule has 4 nitrogen and oxygen atoms in total. The molecule has 0 aliphatic heterocycles. The second-order valence-corrected chi connectivity index (χ2v) is 13.3. The fourth-order valence-corrected chi connectivity index (χ4v) is 8.22. The number of aromatic nitrogens is 1. The standard InChI is InChI=1S/C48H30N4/c49-28-31-17-25-45-44(26-31)42-23-16-32(29-50)27-47(42)52(45)46-15-7-9-36(30-51)48(46)43-14-6-3-11-38(43)34-18-20-35(21-19-34)39-24-22-33-8-1-2-10-37(33)40-12-4-5-13-41(39)40/h1-21,23,25-27,39H,22,24H2/t39-/m0/s1. The minimum absolute atomic E-state index is 0.272. The lowest BCUT2D eigenvalue weighted by atomic mass is 9.84. The number of nitrogens with zero attached hydrogens (tertiary/aromatic N) is 4. The molecule has 0 amide bonds. The minimum Gasteiger partial charge on any atom is -0.309 e. The van der Waals surface area contributed by atoms with E-state index in [-0.39, 0.29) is 5.92 Å². The SMILES string of the molecule is N#Cc1ccc2c(c1)c1ccc(C#N)cc1n2-c1cccc(C#N)c1-c1ccccc1-c1ccc([C@@H]2CCc3ccccc3-c3ccccc32)cc1. The summed E-state index contributed by atoms with van der Waals surface area (Å²) in [5.74, 6) is 0.272. The Labute approximate surface area is 302 Å². The quantitative estimate of drug-likeness (QED) is 0.188. The van der Waals surface area contributed by atoms with Gasteiger partial charge in [-0.2, -0.15) is 15.8 Å². The van der Waals surface area contributed by atoms with Gasteiger partial charge in [-0.3, -0.25) is 0 Å². The summed E-state index contributed by atoms with van der Waals surface area (Å²) in [6.07, 6.45) is 2.05. The van der Waals surface area contributed by atoms with Crippen LogP contribution >= 0.6 is 0 Å². The maximum absolute atomic E-state index is 10.6. The Morgan fingerprint density at radius 1 is 0.519 bits per heavy atom. The molecule has 1 heterocycles. The molecule has 242 valence electrons. The van der Waals surface area contributed by atoms with Crippen molar-refractivity contribution in [1.82, 2.24) is 4.57 Å². The largest absolute Gasteiger partial charge is 0.309 e. The van der Waals surface area contributed by atoms with Gasteiger partial charge in [0.2, 0.25) is 0 Å². The van der Waals surface area contributed by atoms with Crippen molar-refractivity contribution in [3.05, 3.63) is 185 Å². The topological polar surface area (TPSA) is 76.3 Å². The van der Waals surface area contributed by atoms with Crippen LogP contribution in [0.25, 0.3) is 60.9 Å². The first-order valence-corrected chi connectivity index (χ1v) is 17.5. The Balaban J connectivity index is 1.20. The van der Waals surface area contributed by atoms with Gasteiger partial charge in [0.25, 0.3) is 0 Å². The van der Waals surface area contributed by atoms with E-state index in [9.17, 15) is 15.8 Å². The molecule has 0 radical (unpaired) electrons. The monoisotopic (exact) mass is 662 g/mol. The van der Waals surface area contributed by atoms with Crippen LogP contribution in [0.5, 0.6) is 0 Å². The van der Waals surface area contributed by atoms with Crippen LogP contribution in [0.1, 0.15) is 45.7 Å². The highest BCUT2D eigenvalue weighted by Crippen LogP contribution is 2.44. The van der Waals surface area contributed by atoms with E-state index in [2.05, 4.69) is 108 Å². The van der Waals surface area contributed by atoms with E-state index in [0.29, 0.717) is 16.7 Å². The maximum Gasteiger partial charge on any atom is 0.0998 e. The average Bonchev–Trinajstić information content (AvgIpc) is 3.43. The van der Waals surface area contributed by atoms with Crippen LogP contribution in [0, 0.1) is 34.0 Å². The fourth-order valence-electron chi connectivity index (χ4n) is 8.22.